The number of hydrazone groups is 1. The van der Waals surface area contributed by atoms with E-state index in [0.717, 1.165) is 16.8 Å². The number of nitrogens with zero attached hydrogens (tertiary/aromatic N) is 2. The van der Waals surface area contributed by atoms with E-state index >= 15 is 0 Å². The molecule has 0 spiro atoms. The summed E-state index contributed by atoms with van der Waals surface area (Å²) in [5, 5.41) is 14.8. The van der Waals surface area contributed by atoms with E-state index in [1.54, 1.807) is 0 Å². The summed E-state index contributed by atoms with van der Waals surface area (Å²) >= 11 is 0. The van der Waals surface area contributed by atoms with Gasteiger partial charge in [0.25, 0.3) is 0 Å². The van der Waals surface area contributed by atoms with Gasteiger partial charge in [0, 0.05) is 18.4 Å². The molecule has 7 nitrogen and oxygen atoms in total. The molecular formula is C20H18N2O5. The van der Waals surface area contributed by atoms with Gasteiger partial charge in [-0.05, 0) is 23.8 Å². The first-order valence-electron chi connectivity index (χ1n) is 8.68. The number of ether oxygens (including phenoxy) is 2. The lowest BCUT2D eigenvalue weighted by atomic mass is 9.98. The summed E-state index contributed by atoms with van der Waals surface area (Å²) in [6.45, 7) is 0.192. The van der Waals surface area contributed by atoms with E-state index in [1.165, 1.54) is 5.01 Å². The van der Waals surface area contributed by atoms with E-state index in [4.69, 9.17) is 14.6 Å². The lowest BCUT2D eigenvalue weighted by Gasteiger charge is -2.21. The first kappa shape index (κ1) is 17.1. The van der Waals surface area contributed by atoms with E-state index in [1.807, 2.05) is 48.5 Å². The van der Waals surface area contributed by atoms with Crippen molar-refractivity contribution in [3.8, 4) is 11.5 Å². The van der Waals surface area contributed by atoms with Crippen molar-refractivity contribution in [3.05, 3.63) is 59.7 Å². The van der Waals surface area contributed by atoms with Gasteiger partial charge in [-0.2, -0.15) is 5.10 Å². The van der Waals surface area contributed by atoms with Crippen LogP contribution in [0.3, 0.4) is 0 Å². The van der Waals surface area contributed by atoms with E-state index in [9.17, 15) is 9.59 Å². The van der Waals surface area contributed by atoms with E-state index in [0.29, 0.717) is 17.9 Å². The van der Waals surface area contributed by atoms with Crippen LogP contribution in [0.15, 0.2) is 53.6 Å². The Bertz CT molecular complexity index is 910. The molecule has 27 heavy (non-hydrogen) atoms. The van der Waals surface area contributed by atoms with Gasteiger partial charge in [-0.3, -0.25) is 9.59 Å². The maximum Gasteiger partial charge on any atom is 0.303 e. The number of rotatable bonds is 5. The molecule has 2 aromatic rings. The molecule has 1 unspecified atom stereocenters. The number of carboxylic acids is 1. The third-order valence-corrected chi connectivity index (χ3v) is 4.61. The van der Waals surface area contributed by atoms with Crippen molar-refractivity contribution in [1.29, 1.82) is 0 Å². The second-order valence-corrected chi connectivity index (χ2v) is 6.38. The Labute approximate surface area is 155 Å². The second kappa shape index (κ2) is 7.11. The average molecular weight is 366 g/mol. The lowest BCUT2D eigenvalue weighted by Crippen LogP contribution is -2.27. The van der Waals surface area contributed by atoms with E-state index < -0.39 is 5.97 Å². The summed E-state index contributed by atoms with van der Waals surface area (Å²) in [6.07, 6.45) is 0.241. The fourth-order valence-electron chi connectivity index (χ4n) is 3.25. The molecule has 1 atom stereocenters. The SMILES string of the molecule is O=C(O)CCC(=O)N1N=C(c2ccc3c(c2)OCO3)CC1c1ccccc1. The molecule has 2 heterocycles. The topological polar surface area (TPSA) is 88.4 Å². The maximum absolute atomic E-state index is 12.6. The highest BCUT2D eigenvalue weighted by molar-refractivity contribution is 6.03. The Hall–Kier alpha value is -3.35. The molecule has 0 bridgehead atoms. The van der Waals surface area contributed by atoms with Crippen molar-refractivity contribution < 1.29 is 24.2 Å². The number of hydrogen-bond donors (Lipinski definition) is 1. The van der Waals surface area contributed by atoms with Crippen LogP contribution in [0.25, 0.3) is 0 Å². The van der Waals surface area contributed by atoms with Crippen LogP contribution in [-0.2, 0) is 9.59 Å². The summed E-state index contributed by atoms with van der Waals surface area (Å²) in [7, 11) is 0. The lowest BCUT2D eigenvalue weighted by molar-refractivity contribution is -0.141. The van der Waals surface area contributed by atoms with Crippen LogP contribution >= 0.6 is 0 Å². The Morgan fingerprint density at radius 3 is 2.63 bits per heavy atom. The van der Waals surface area contributed by atoms with Crippen LogP contribution in [0, 0.1) is 0 Å². The van der Waals surface area contributed by atoms with Gasteiger partial charge in [-0.15, -0.1) is 0 Å². The van der Waals surface area contributed by atoms with Gasteiger partial charge in [-0.1, -0.05) is 30.3 Å². The van der Waals surface area contributed by atoms with Crippen LogP contribution in [0.5, 0.6) is 11.5 Å². The number of carboxylic acid groups (broad SMARTS) is 1. The Balaban J connectivity index is 1.63. The fourth-order valence-corrected chi connectivity index (χ4v) is 3.25. The van der Waals surface area contributed by atoms with Crippen LogP contribution in [0.1, 0.15) is 36.4 Å². The maximum atomic E-state index is 12.6. The van der Waals surface area contributed by atoms with Crippen molar-refractivity contribution in [1.82, 2.24) is 5.01 Å². The highest BCUT2D eigenvalue weighted by atomic mass is 16.7. The quantitative estimate of drug-likeness (QED) is 0.879. The third-order valence-electron chi connectivity index (χ3n) is 4.61. The number of fused-ring (bicyclic) bond motifs is 1. The third kappa shape index (κ3) is 3.48. The van der Waals surface area contributed by atoms with Crippen LogP contribution in [0.4, 0.5) is 0 Å². The molecule has 138 valence electrons. The largest absolute Gasteiger partial charge is 0.481 e. The van der Waals surface area contributed by atoms with Crippen molar-refractivity contribution in [3.63, 3.8) is 0 Å². The van der Waals surface area contributed by atoms with Gasteiger partial charge in [0.2, 0.25) is 12.7 Å². The molecule has 0 fully saturated rings. The summed E-state index contributed by atoms with van der Waals surface area (Å²) in [5.41, 5.74) is 2.57. The first-order valence-corrected chi connectivity index (χ1v) is 8.68. The standard InChI is InChI=1S/C20H18N2O5/c23-19(8-9-20(24)25)22-16(13-4-2-1-3-5-13)11-15(21-22)14-6-7-17-18(10-14)27-12-26-17/h1-7,10,16H,8-9,11-12H2,(H,24,25). The number of carbonyl (C=O) groups is 2. The zero-order valence-electron chi connectivity index (χ0n) is 14.5. The molecule has 0 saturated heterocycles. The predicted octanol–water partition coefficient (Wildman–Crippen LogP) is 2.96. The molecule has 0 saturated carbocycles. The molecular weight excluding hydrogens is 348 g/mol. The summed E-state index contributed by atoms with van der Waals surface area (Å²) < 4.78 is 10.8. The normalized spacial score (nSPS) is 17.7. The molecule has 2 aliphatic rings. The monoisotopic (exact) mass is 366 g/mol. The minimum atomic E-state index is -1.00. The molecule has 4 rings (SSSR count). The highest BCUT2D eigenvalue weighted by Crippen LogP contribution is 2.37. The average Bonchev–Trinajstić information content (AvgIpc) is 3.33. The molecule has 7 heteroatoms. The van der Waals surface area contributed by atoms with Crippen molar-refractivity contribution in [2.75, 3.05) is 6.79 Å². The molecule has 2 aromatic carbocycles. The fraction of sp³-hybridized carbons (Fsp3) is 0.250. The first-order chi connectivity index (χ1) is 13.1. The summed E-state index contributed by atoms with van der Waals surface area (Å²) in [4.78, 5) is 23.4. The van der Waals surface area contributed by atoms with Gasteiger partial charge in [0.05, 0.1) is 18.2 Å². The van der Waals surface area contributed by atoms with Crippen molar-refractivity contribution >= 4 is 17.6 Å². The van der Waals surface area contributed by atoms with Crippen LogP contribution in [-0.4, -0.2) is 34.5 Å². The Kier molecular flexibility index (Phi) is 4.50. The molecule has 2 aliphatic heterocycles. The second-order valence-electron chi connectivity index (χ2n) is 6.38. The predicted molar refractivity (Wildman–Crippen MR) is 96.6 cm³/mol. The minimum Gasteiger partial charge on any atom is -0.481 e. The number of carbonyl (C=O) groups excluding carboxylic acids is 1. The molecule has 1 N–H and O–H groups in total. The zero-order chi connectivity index (χ0) is 18.8. The van der Waals surface area contributed by atoms with Crippen molar-refractivity contribution in [2.24, 2.45) is 5.10 Å². The minimum absolute atomic E-state index is 0.0867. The van der Waals surface area contributed by atoms with Crippen LogP contribution in [0.2, 0.25) is 0 Å². The van der Waals surface area contributed by atoms with Gasteiger partial charge < -0.3 is 14.6 Å². The van der Waals surface area contributed by atoms with E-state index in [-0.39, 0.29) is 31.6 Å². The molecule has 0 aromatic heterocycles. The Morgan fingerprint density at radius 2 is 1.85 bits per heavy atom. The summed E-state index contributed by atoms with van der Waals surface area (Å²) in [6, 6.07) is 14.9. The van der Waals surface area contributed by atoms with E-state index in [2.05, 4.69) is 5.10 Å². The number of benzene rings is 2. The Morgan fingerprint density at radius 1 is 1.07 bits per heavy atom. The molecule has 0 radical (unpaired) electrons. The number of hydrogen-bond acceptors (Lipinski definition) is 5. The zero-order valence-corrected chi connectivity index (χ0v) is 14.5. The highest BCUT2D eigenvalue weighted by Gasteiger charge is 2.33. The van der Waals surface area contributed by atoms with Gasteiger partial charge in [-0.25, -0.2) is 5.01 Å². The molecule has 1 amide bonds. The van der Waals surface area contributed by atoms with Crippen molar-refractivity contribution in [2.45, 2.75) is 25.3 Å². The van der Waals surface area contributed by atoms with Gasteiger partial charge in [0.15, 0.2) is 11.5 Å². The van der Waals surface area contributed by atoms with Gasteiger partial charge in [0.1, 0.15) is 0 Å². The van der Waals surface area contributed by atoms with Crippen LogP contribution < -0.4 is 9.47 Å². The molecule has 0 aliphatic carbocycles. The van der Waals surface area contributed by atoms with Gasteiger partial charge >= 0.3 is 5.97 Å². The summed E-state index contributed by atoms with van der Waals surface area (Å²) in [5.74, 6) is 0.0363. The smallest absolute Gasteiger partial charge is 0.303 e. The number of amides is 1. The number of aliphatic carboxylic acids is 1.